The van der Waals surface area contributed by atoms with Crippen LogP contribution >= 0.6 is 24.0 Å². The lowest BCUT2D eigenvalue weighted by Crippen LogP contribution is -2.16. The molecular weight excluding hydrogens is 245 g/mol. The summed E-state index contributed by atoms with van der Waals surface area (Å²) >= 11 is 6.02. The molecule has 0 aromatic heterocycles. The van der Waals surface area contributed by atoms with Gasteiger partial charge in [0, 0.05) is 24.8 Å². The number of ether oxygens (including phenoxy) is 1. The van der Waals surface area contributed by atoms with Gasteiger partial charge in [0.25, 0.3) is 0 Å². The molecule has 0 saturated heterocycles. The van der Waals surface area contributed by atoms with Crippen molar-refractivity contribution in [1.29, 1.82) is 0 Å². The molecule has 1 rings (SSSR count). The van der Waals surface area contributed by atoms with Gasteiger partial charge < -0.3 is 10.1 Å². The molecule has 4 heteroatoms. The van der Waals surface area contributed by atoms with Crippen molar-refractivity contribution in [2.75, 3.05) is 19.8 Å². The third-order valence-corrected chi connectivity index (χ3v) is 2.49. The SMILES string of the molecule is CCOCCCNCc1ccccc1Cl.Cl. The Bertz CT molecular complexity index is 281. The van der Waals surface area contributed by atoms with E-state index in [0.29, 0.717) is 0 Å². The highest BCUT2D eigenvalue weighted by Gasteiger charge is 1.97. The average molecular weight is 264 g/mol. The maximum Gasteiger partial charge on any atom is 0.0477 e. The second kappa shape index (κ2) is 9.91. The summed E-state index contributed by atoms with van der Waals surface area (Å²) in [5.74, 6) is 0. The first-order valence-corrected chi connectivity index (χ1v) is 5.74. The van der Waals surface area contributed by atoms with Crippen LogP contribution in [-0.4, -0.2) is 19.8 Å². The summed E-state index contributed by atoms with van der Waals surface area (Å²) in [6.45, 7) is 5.42. The van der Waals surface area contributed by atoms with Crippen LogP contribution in [0, 0.1) is 0 Å². The summed E-state index contributed by atoms with van der Waals surface area (Å²) < 4.78 is 5.24. The molecule has 0 amide bonds. The fraction of sp³-hybridized carbons (Fsp3) is 0.500. The Labute approximate surface area is 109 Å². The van der Waals surface area contributed by atoms with Gasteiger partial charge in [-0.3, -0.25) is 0 Å². The van der Waals surface area contributed by atoms with E-state index in [1.54, 1.807) is 0 Å². The van der Waals surface area contributed by atoms with E-state index in [0.717, 1.165) is 43.3 Å². The average Bonchev–Trinajstić information content (AvgIpc) is 2.25. The standard InChI is InChI=1S/C12H18ClNO.ClH/c1-2-15-9-5-8-14-10-11-6-3-4-7-12(11)13;/h3-4,6-7,14H,2,5,8-10H2,1H3;1H. The molecule has 0 bridgehead atoms. The normalized spacial score (nSPS) is 9.88. The third kappa shape index (κ3) is 6.33. The first-order valence-electron chi connectivity index (χ1n) is 5.36. The monoisotopic (exact) mass is 263 g/mol. The van der Waals surface area contributed by atoms with Crippen molar-refractivity contribution in [1.82, 2.24) is 5.32 Å². The Hall–Kier alpha value is -0.280. The molecule has 0 aliphatic carbocycles. The van der Waals surface area contributed by atoms with E-state index in [1.165, 1.54) is 0 Å². The molecule has 0 aliphatic rings. The van der Waals surface area contributed by atoms with Gasteiger partial charge in [0.15, 0.2) is 0 Å². The second-order valence-corrected chi connectivity index (χ2v) is 3.73. The van der Waals surface area contributed by atoms with Gasteiger partial charge in [0.05, 0.1) is 0 Å². The van der Waals surface area contributed by atoms with Gasteiger partial charge in [-0.2, -0.15) is 0 Å². The molecule has 0 atom stereocenters. The molecule has 1 N–H and O–H groups in total. The van der Waals surface area contributed by atoms with E-state index in [4.69, 9.17) is 16.3 Å². The van der Waals surface area contributed by atoms with Crippen LogP contribution in [0.2, 0.25) is 5.02 Å². The van der Waals surface area contributed by atoms with Gasteiger partial charge in [-0.1, -0.05) is 29.8 Å². The fourth-order valence-electron chi connectivity index (χ4n) is 1.31. The predicted octanol–water partition coefficient (Wildman–Crippen LogP) is 3.28. The lowest BCUT2D eigenvalue weighted by atomic mass is 10.2. The molecule has 0 unspecified atom stereocenters. The molecule has 0 spiro atoms. The molecular formula is C12H19Cl2NO. The smallest absolute Gasteiger partial charge is 0.0477 e. The highest BCUT2D eigenvalue weighted by Crippen LogP contribution is 2.13. The zero-order valence-corrected chi connectivity index (χ0v) is 11.1. The molecule has 92 valence electrons. The molecule has 0 heterocycles. The minimum atomic E-state index is 0. The third-order valence-electron chi connectivity index (χ3n) is 2.12. The predicted molar refractivity (Wildman–Crippen MR) is 71.5 cm³/mol. The van der Waals surface area contributed by atoms with Crippen LogP contribution in [-0.2, 0) is 11.3 Å². The van der Waals surface area contributed by atoms with Crippen molar-refractivity contribution in [2.45, 2.75) is 19.9 Å². The van der Waals surface area contributed by atoms with Gasteiger partial charge in [-0.05, 0) is 31.5 Å². The van der Waals surface area contributed by atoms with Gasteiger partial charge >= 0.3 is 0 Å². The van der Waals surface area contributed by atoms with E-state index in [-0.39, 0.29) is 12.4 Å². The van der Waals surface area contributed by atoms with Gasteiger partial charge in [0.1, 0.15) is 0 Å². The number of nitrogens with one attached hydrogen (secondary N) is 1. The first-order chi connectivity index (χ1) is 7.34. The van der Waals surface area contributed by atoms with Crippen molar-refractivity contribution >= 4 is 24.0 Å². The summed E-state index contributed by atoms with van der Waals surface area (Å²) in [5, 5.41) is 4.17. The lowest BCUT2D eigenvalue weighted by Gasteiger charge is -2.06. The Morgan fingerprint density at radius 3 is 2.75 bits per heavy atom. The largest absolute Gasteiger partial charge is 0.382 e. The first kappa shape index (κ1) is 15.7. The van der Waals surface area contributed by atoms with Crippen LogP contribution < -0.4 is 5.32 Å². The van der Waals surface area contributed by atoms with Crippen LogP contribution in [0.4, 0.5) is 0 Å². The van der Waals surface area contributed by atoms with Gasteiger partial charge in [0.2, 0.25) is 0 Å². The van der Waals surface area contributed by atoms with E-state index < -0.39 is 0 Å². The minimum absolute atomic E-state index is 0. The summed E-state index contributed by atoms with van der Waals surface area (Å²) in [6, 6.07) is 7.90. The van der Waals surface area contributed by atoms with Crippen molar-refractivity contribution < 1.29 is 4.74 Å². The summed E-state index contributed by atoms with van der Waals surface area (Å²) in [6.07, 6.45) is 1.04. The van der Waals surface area contributed by atoms with Crippen LogP contribution in [0.25, 0.3) is 0 Å². The van der Waals surface area contributed by atoms with E-state index in [9.17, 15) is 0 Å². The maximum atomic E-state index is 6.02. The zero-order valence-electron chi connectivity index (χ0n) is 9.54. The highest BCUT2D eigenvalue weighted by atomic mass is 35.5. The maximum absolute atomic E-state index is 6.02. The zero-order chi connectivity index (χ0) is 10.9. The minimum Gasteiger partial charge on any atom is -0.382 e. The second-order valence-electron chi connectivity index (χ2n) is 3.32. The molecule has 2 nitrogen and oxygen atoms in total. The molecule has 0 fully saturated rings. The number of benzene rings is 1. The molecule has 16 heavy (non-hydrogen) atoms. The Morgan fingerprint density at radius 2 is 2.06 bits per heavy atom. The molecule has 0 radical (unpaired) electrons. The van der Waals surface area contributed by atoms with Crippen LogP contribution in [0.15, 0.2) is 24.3 Å². The quantitative estimate of drug-likeness (QED) is 0.763. The van der Waals surface area contributed by atoms with Crippen LogP contribution in [0.1, 0.15) is 18.9 Å². The summed E-state index contributed by atoms with van der Waals surface area (Å²) in [4.78, 5) is 0. The van der Waals surface area contributed by atoms with Crippen LogP contribution in [0.3, 0.4) is 0 Å². The molecule has 0 aliphatic heterocycles. The molecule has 1 aromatic rings. The Morgan fingerprint density at radius 1 is 1.31 bits per heavy atom. The highest BCUT2D eigenvalue weighted by molar-refractivity contribution is 6.31. The number of rotatable bonds is 7. The summed E-state index contributed by atoms with van der Waals surface area (Å²) in [5.41, 5.74) is 1.15. The van der Waals surface area contributed by atoms with Crippen molar-refractivity contribution in [3.8, 4) is 0 Å². The lowest BCUT2D eigenvalue weighted by molar-refractivity contribution is 0.144. The summed E-state index contributed by atoms with van der Waals surface area (Å²) in [7, 11) is 0. The Kier molecular flexibility index (Phi) is 9.74. The van der Waals surface area contributed by atoms with E-state index in [1.807, 2.05) is 31.2 Å². The molecule has 1 aromatic carbocycles. The number of halogens is 2. The topological polar surface area (TPSA) is 21.3 Å². The van der Waals surface area contributed by atoms with Crippen molar-refractivity contribution in [3.63, 3.8) is 0 Å². The van der Waals surface area contributed by atoms with Gasteiger partial charge in [-0.15, -0.1) is 12.4 Å². The van der Waals surface area contributed by atoms with E-state index in [2.05, 4.69) is 5.32 Å². The van der Waals surface area contributed by atoms with Crippen molar-refractivity contribution in [3.05, 3.63) is 34.9 Å². The number of hydrogen-bond acceptors (Lipinski definition) is 2. The fourth-order valence-corrected chi connectivity index (χ4v) is 1.51. The Balaban J connectivity index is 0.00000225. The molecule has 0 saturated carbocycles. The van der Waals surface area contributed by atoms with E-state index >= 15 is 0 Å². The number of hydrogen-bond donors (Lipinski definition) is 1. The van der Waals surface area contributed by atoms with Crippen molar-refractivity contribution in [2.24, 2.45) is 0 Å². The van der Waals surface area contributed by atoms with Crippen LogP contribution in [0.5, 0.6) is 0 Å². The van der Waals surface area contributed by atoms with Gasteiger partial charge in [-0.25, -0.2) is 0 Å².